The second-order valence-corrected chi connectivity index (χ2v) is 7.60. The molecule has 5 rings (SSSR count). The number of Topliss-reactive ketones (excluding diaryl/α,β-unsaturated/α-hetero) is 1. The number of hydrogen-bond acceptors (Lipinski definition) is 4. The van der Waals surface area contributed by atoms with Crippen molar-refractivity contribution in [3.63, 3.8) is 0 Å². The zero-order valence-electron chi connectivity index (χ0n) is 17.5. The van der Waals surface area contributed by atoms with Gasteiger partial charge in [0.25, 0.3) is 0 Å². The number of ketones is 1. The van der Waals surface area contributed by atoms with Crippen LogP contribution in [0.25, 0.3) is 33.5 Å². The van der Waals surface area contributed by atoms with Crippen LogP contribution in [0, 0.1) is 0 Å². The Kier molecular flexibility index (Phi) is 5.50. The van der Waals surface area contributed by atoms with E-state index in [1.165, 1.54) is 0 Å². The standard InChI is InChI=1S/C28H21N3O/c32-26(17-15-23-13-7-8-18-29-23)22-14-16-24-25(19-22)31-28(21-11-5-2-6-12-21)27(30-24)20-9-3-1-4-10-20/h1-14,16,18-19H,15,17H2. The molecule has 0 saturated heterocycles. The van der Waals surface area contributed by atoms with Gasteiger partial charge >= 0.3 is 0 Å². The van der Waals surface area contributed by atoms with Crippen LogP contribution in [-0.4, -0.2) is 20.7 Å². The van der Waals surface area contributed by atoms with E-state index in [9.17, 15) is 4.79 Å². The number of rotatable bonds is 6. The normalized spacial score (nSPS) is 10.9. The molecule has 0 unspecified atom stereocenters. The van der Waals surface area contributed by atoms with Crippen molar-refractivity contribution >= 4 is 16.8 Å². The van der Waals surface area contributed by atoms with Gasteiger partial charge in [-0.05, 0) is 36.8 Å². The van der Waals surface area contributed by atoms with Crippen LogP contribution in [0.4, 0.5) is 0 Å². The summed E-state index contributed by atoms with van der Waals surface area (Å²) in [6.07, 6.45) is 2.77. The molecule has 0 bridgehead atoms. The van der Waals surface area contributed by atoms with Crippen LogP contribution in [-0.2, 0) is 6.42 Å². The molecule has 0 aliphatic rings. The van der Waals surface area contributed by atoms with Gasteiger partial charge in [0.2, 0.25) is 0 Å². The number of nitrogens with zero attached hydrogens (tertiary/aromatic N) is 3. The Morgan fingerprint density at radius 2 is 1.28 bits per heavy atom. The number of aryl methyl sites for hydroxylation is 1. The minimum absolute atomic E-state index is 0.0766. The van der Waals surface area contributed by atoms with E-state index in [1.54, 1.807) is 6.20 Å². The molecule has 0 aliphatic heterocycles. The summed E-state index contributed by atoms with van der Waals surface area (Å²) in [4.78, 5) is 27.0. The van der Waals surface area contributed by atoms with Crippen LogP contribution in [0.15, 0.2) is 103 Å². The summed E-state index contributed by atoms with van der Waals surface area (Å²) in [5.74, 6) is 0.0766. The second kappa shape index (κ2) is 8.90. The van der Waals surface area contributed by atoms with Gasteiger partial charge in [-0.2, -0.15) is 0 Å². The predicted molar refractivity (Wildman–Crippen MR) is 127 cm³/mol. The molecule has 3 aromatic carbocycles. The Morgan fingerprint density at radius 3 is 1.91 bits per heavy atom. The van der Waals surface area contributed by atoms with Crippen molar-refractivity contribution in [3.05, 3.63) is 115 Å². The molecule has 4 heteroatoms. The van der Waals surface area contributed by atoms with Gasteiger partial charge in [-0.3, -0.25) is 9.78 Å². The Morgan fingerprint density at radius 1 is 0.656 bits per heavy atom. The monoisotopic (exact) mass is 415 g/mol. The van der Waals surface area contributed by atoms with Gasteiger partial charge in [0, 0.05) is 35.0 Å². The van der Waals surface area contributed by atoms with E-state index in [1.807, 2.05) is 97.1 Å². The minimum atomic E-state index is 0.0766. The highest BCUT2D eigenvalue weighted by molar-refractivity contribution is 5.99. The lowest BCUT2D eigenvalue weighted by molar-refractivity contribution is 0.0982. The lowest BCUT2D eigenvalue weighted by Crippen LogP contribution is -2.03. The van der Waals surface area contributed by atoms with Gasteiger partial charge in [-0.25, -0.2) is 9.97 Å². The van der Waals surface area contributed by atoms with Crippen molar-refractivity contribution in [2.24, 2.45) is 0 Å². The van der Waals surface area contributed by atoms with Gasteiger partial charge in [0.1, 0.15) is 0 Å². The summed E-state index contributed by atoms with van der Waals surface area (Å²) in [5, 5.41) is 0. The first-order valence-electron chi connectivity index (χ1n) is 10.6. The highest BCUT2D eigenvalue weighted by Crippen LogP contribution is 2.31. The first kappa shape index (κ1) is 19.8. The Balaban J connectivity index is 1.54. The minimum Gasteiger partial charge on any atom is -0.294 e. The second-order valence-electron chi connectivity index (χ2n) is 7.60. The zero-order chi connectivity index (χ0) is 21.8. The lowest BCUT2D eigenvalue weighted by atomic mass is 10.0. The molecule has 32 heavy (non-hydrogen) atoms. The molecule has 0 atom stereocenters. The van der Waals surface area contributed by atoms with Crippen LogP contribution in [0.5, 0.6) is 0 Å². The maximum atomic E-state index is 12.8. The summed E-state index contributed by atoms with van der Waals surface area (Å²) < 4.78 is 0. The molecule has 154 valence electrons. The maximum absolute atomic E-state index is 12.8. The number of pyridine rings is 1. The van der Waals surface area contributed by atoms with Crippen molar-refractivity contribution in [3.8, 4) is 22.5 Å². The SMILES string of the molecule is O=C(CCc1ccccn1)c1ccc2nc(-c3ccccc3)c(-c3ccccc3)nc2c1. The van der Waals surface area contributed by atoms with E-state index >= 15 is 0 Å². The third kappa shape index (κ3) is 4.16. The fourth-order valence-corrected chi connectivity index (χ4v) is 3.75. The van der Waals surface area contributed by atoms with E-state index in [4.69, 9.17) is 9.97 Å². The van der Waals surface area contributed by atoms with Gasteiger partial charge in [0.05, 0.1) is 22.4 Å². The molecule has 0 amide bonds. The Labute approximate surface area is 186 Å². The maximum Gasteiger partial charge on any atom is 0.163 e. The van der Waals surface area contributed by atoms with Gasteiger partial charge in [-0.1, -0.05) is 66.7 Å². The topological polar surface area (TPSA) is 55.7 Å². The number of carbonyl (C=O) groups excluding carboxylic acids is 1. The highest BCUT2D eigenvalue weighted by Gasteiger charge is 2.15. The predicted octanol–water partition coefficient (Wildman–Crippen LogP) is 6.17. The molecule has 0 radical (unpaired) electrons. The summed E-state index contributed by atoms with van der Waals surface area (Å²) >= 11 is 0. The average molecular weight is 415 g/mol. The molecule has 2 heterocycles. The van der Waals surface area contributed by atoms with Gasteiger partial charge in [0.15, 0.2) is 5.78 Å². The number of fused-ring (bicyclic) bond motifs is 1. The molecule has 0 saturated carbocycles. The lowest BCUT2D eigenvalue weighted by Gasteiger charge is -2.11. The third-order valence-electron chi connectivity index (χ3n) is 5.42. The first-order valence-corrected chi connectivity index (χ1v) is 10.6. The zero-order valence-corrected chi connectivity index (χ0v) is 17.5. The van der Waals surface area contributed by atoms with Crippen molar-refractivity contribution in [1.82, 2.24) is 15.0 Å². The largest absolute Gasteiger partial charge is 0.294 e. The highest BCUT2D eigenvalue weighted by atomic mass is 16.1. The van der Waals surface area contributed by atoms with Gasteiger partial charge < -0.3 is 0 Å². The van der Waals surface area contributed by atoms with E-state index in [-0.39, 0.29) is 5.78 Å². The van der Waals surface area contributed by atoms with E-state index in [2.05, 4.69) is 4.98 Å². The van der Waals surface area contributed by atoms with Crippen LogP contribution in [0.2, 0.25) is 0 Å². The Hall–Kier alpha value is -4.18. The quantitative estimate of drug-likeness (QED) is 0.311. The van der Waals surface area contributed by atoms with Crippen molar-refractivity contribution in [2.45, 2.75) is 12.8 Å². The molecule has 0 fully saturated rings. The number of benzene rings is 3. The Bertz CT molecular complexity index is 1370. The molecular weight excluding hydrogens is 394 g/mol. The first-order chi connectivity index (χ1) is 15.8. The molecule has 5 aromatic rings. The molecule has 2 aromatic heterocycles. The van der Waals surface area contributed by atoms with Crippen molar-refractivity contribution < 1.29 is 4.79 Å². The van der Waals surface area contributed by atoms with E-state index < -0.39 is 0 Å². The van der Waals surface area contributed by atoms with Crippen LogP contribution < -0.4 is 0 Å². The summed E-state index contributed by atoms with van der Waals surface area (Å²) in [7, 11) is 0. The summed E-state index contributed by atoms with van der Waals surface area (Å²) in [6, 6.07) is 31.4. The van der Waals surface area contributed by atoms with Crippen LogP contribution >= 0.6 is 0 Å². The van der Waals surface area contributed by atoms with Crippen LogP contribution in [0.3, 0.4) is 0 Å². The third-order valence-corrected chi connectivity index (χ3v) is 5.42. The number of aromatic nitrogens is 3. The van der Waals surface area contributed by atoms with E-state index in [0.717, 1.165) is 33.7 Å². The fourth-order valence-electron chi connectivity index (χ4n) is 3.75. The van der Waals surface area contributed by atoms with Crippen molar-refractivity contribution in [2.75, 3.05) is 0 Å². The van der Waals surface area contributed by atoms with E-state index in [0.29, 0.717) is 23.9 Å². The molecular formula is C28H21N3O. The fraction of sp³-hybridized carbons (Fsp3) is 0.0714. The number of carbonyl (C=O) groups is 1. The molecule has 0 N–H and O–H groups in total. The number of hydrogen-bond donors (Lipinski definition) is 0. The van der Waals surface area contributed by atoms with Crippen LogP contribution in [0.1, 0.15) is 22.5 Å². The average Bonchev–Trinajstić information content (AvgIpc) is 2.88. The summed E-state index contributed by atoms with van der Waals surface area (Å²) in [6.45, 7) is 0. The molecule has 0 aliphatic carbocycles. The molecule has 0 spiro atoms. The van der Waals surface area contributed by atoms with Gasteiger partial charge in [-0.15, -0.1) is 0 Å². The molecule has 4 nitrogen and oxygen atoms in total. The summed E-state index contributed by atoms with van der Waals surface area (Å²) in [5.41, 5.74) is 6.69. The van der Waals surface area contributed by atoms with Crippen molar-refractivity contribution in [1.29, 1.82) is 0 Å². The smallest absolute Gasteiger partial charge is 0.163 e.